The topological polar surface area (TPSA) is 136 Å². The van der Waals surface area contributed by atoms with E-state index in [9.17, 15) is 23.9 Å². The molecule has 1 aromatic rings. The van der Waals surface area contributed by atoms with Crippen molar-refractivity contribution < 1.29 is 28.0 Å². The number of hydrogen-bond donors (Lipinski definition) is 2. The Morgan fingerprint density at radius 1 is 1.38 bits per heavy atom. The van der Waals surface area contributed by atoms with E-state index in [0.29, 0.717) is 0 Å². The Hall–Kier alpha value is -2.33. The molecular formula is C14H18N2O7S. The number of carbonyl (C=O) groups is 2. The second-order valence-corrected chi connectivity index (χ2v) is 6.78. The highest BCUT2D eigenvalue weighted by Gasteiger charge is 2.22. The molecule has 0 aliphatic rings. The van der Waals surface area contributed by atoms with Gasteiger partial charge in [0.25, 0.3) is 11.6 Å². The van der Waals surface area contributed by atoms with Crippen molar-refractivity contribution in [1.29, 1.82) is 0 Å². The van der Waals surface area contributed by atoms with Crippen LogP contribution in [0.2, 0.25) is 0 Å². The summed E-state index contributed by atoms with van der Waals surface area (Å²) in [5.74, 6) is -1.78. The van der Waals surface area contributed by atoms with Crippen molar-refractivity contribution in [1.82, 2.24) is 5.32 Å². The Labute approximate surface area is 140 Å². The van der Waals surface area contributed by atoms with Gasteiger partial charge in [-0.3, -0.25) is 19.7 Å². The molecule has 1 amide bonds. The quantitative estimate of drug-likeness (QED) is 0.339. The molecule has 0 saturated carbocycles. The summed E-state index contributed by atoms with van der Waals surface area (Å²) in [6, 6.07) is 3.56. The van der Waals surface area contributed by atoms with Gasteiger partial charge in [0.1, 0.15) is 17.7 Å². The average molecular weight is 358 g/mol. The van der Waals surface area contributed by atoms with Crippen LogP contribution >= 0.6 is 0 Å². The number of nitro groups is 1. The SMILES string of the molecule is CC(C)(C)OC(=O)CNC(=O)c1ccc(CS(=O)O)cc1[N+](=O)[O-]. The lowest BCUT2D eigenvalue weighted by atomic mass is 10.1. The van der Waals surface area contributed by atoms with Gasteiger partial charge in [0, 0.05) is 6.07 Å². The maximum absolute atomic E-state index is 12.0. The number of esters is 1. The Kier molecular flexibility index (Phi) is 6.55. The summed E-state index contributed by atoms with van der Waals surface area (Å²) in [4.78, 5) is 33.9. The van der Waals surface area contributed by atoms with E-state index in [1.54, 1.807) is 20.8 Å². The number of benzene rings is 1. The monoisotopic (exact) mass is 358 g/mol. The predicted molar refractivity (Wildman–Crippen MR) is 85.7 cm³/mol. The smallest absolute Gasteiger partial charge is 0.325 e. The molecule has 0 aromatic heterocycles. The lowest BCUT2D eigenvalue weighted by Crippen LogP contribution is -2.34. The van der Waals surface area contributed by atoms with Gasteiger partial charge in [-0.2, -0.15) is 0 Å². The van der Waals surface area contributed by atoms with Crippen LogP contribution < -0.4 is 5.32 Å². The normalized spacial score (nSPS) is 12.3. The summed E-state index contributed by atoms with van der Waals surface area (Å²) < 4.78 is 24.6. The van der Waals surface area contributed by atoms with Gasteiger partial charge in [-0.05, 0) is 32.4 Å². The second-order valence-electron chi connectivity index (χ2n) is 5.84. The van der Waals surface area contributed by atoms with E-state index in [1.165, 1.54) is 12.1 Å². The summed E-state index contributed by atoms with van der Waals surface area (Å²) in [5, 5.41) is 13.3. The number of nitro benzene ring substituents is 1. The van der Waals surface area contributed by atoms with Gasteiger partial charge < -0.3 is 14.6 Å². The fourth-order valence-electron chi connectivity index (χ4n) is 1.78. The highest BCUT2D eigenvalue weighted by atomic mass is 32.2. The summed E-state index contributed by atoms with van der Waals surface area (Å²) in [6.07, 6.45) is 0. The maximum Gasteiger partial charge on any atom is 0.325 e. The molecular weight excluding hydrogens is 340 g/mol. The number of ether oxygens (including phenoxy) is 1. The number of rotatable bonds is 6. The summed E-state index contributed by atoms with van der Waals surface area (Å²) >= 11 is -2.16. The first kappa shape index (κ1) is 19.7. The summed E-state index contributed by atoms with van der Waals surface area (Å²) in [5.41, 5.74) is -1.24. The van der Waals surface area contributed by atoms with E-state index in [0.717, 1.165) is 6.07 Å². The van der Waals surface area contributed by atoms with Crippen LogP contribution in [0, 0.1) is 10.1 Å². The Morgan fingerprint density at radius 3 is 2.50 bits per heavy atom. The highest BCUT2D eigenvalue weighted by Crippen LogP contribution is 2.21. The van der Waals surface area contributed by atoms with Crippen molar-refractivity contribution in [3.8, 4) is 0 Å². The minimum atomic E-state index is -2.16. The number of hydrogen-bond acceptors (Lipinski definition) is 6. The standard InChI is InChI=1S/C14H18N2O7S/c1-14(2,3)23-12(17)7-15-13(18)10-5-4-9(8-24(21)22)6-11(10)16(19)20/h4-6H,7-8H2,1-3H3,(H,15,18)(H,21,22). The Balaban J connectivity index is 2.88. The van der Waals surface area contributed by atoms with Gasteiger partial charge in [0.2, 0.25) is 0 Å². The highest BCUT2D eigenvalue weighted by molar-refractivity contribution is 7.78. The Bertz CT molecular complexity index is 682. The van der Waals surface area contributed by atoms with Crippen molar-refractivity contribution in [3.63, 3.8) is 0 Å². The summed E-state index contributed by atoms with van der Waals surface area (Å²) in [6.45, 7) is 4.57. The molecule has 0 bridgehead atoms. The zero-order valence-electron chi connectivity index (χ0n) is 13.4. The number of carbonyl (C=O) groups excluding carboxylic acids is 2. The van der Waals surface area contributed by atoms with Crippen molar-refractivity contribution in [2.45, 2.75) is 32.1 Å². The molecule has 1 aromatic carbocycles. The van der Waals surface area contributed by atoms with Crippen molar-refractivity contribution in [3.05, 3.63) is 39.4 Å². The van der Waals surface area contributed by atoms with Gasteiger partial charge in [0.05, 0.1) is 10.7 Å². The van der Waals surface area contributed by atoms with E-state index in [2.05, 4.69) is 5.32 Å². The van der Waals surface area contributed by atoms with Crippen LogP contribution in [0.15, 0.2) is 18.2 Å². The van der Waals surface area contributed by atoms with Crippen LogP contribution in [0.3, 0.4) is 0 Å². The molecule has 0 heterocycles. The molecule has 10 heteroatoms. The van der Waals surface area contributed by atoms with Crippen LogP contribution in [0.1, 0.15) is 36.7 Å². The molecule has 132 valence electrons. The van der Waals surface area contributed by atoms with Crippen LogP contribution in [-0.2, 0) is 26.4 Å². The first-order valence-corrected chi connectivity index (χ1v) is 8.12. The van der Waals surface area contributed by atoms with E-state index in [1.807, 2.05) is 0 Å². The van der Waals surface area contributed by atoms with Crippen LogP contribution in [0.4, 0.5) is 5.69 Å². The minimum absolute atomic E-state index is 0.242. The van der Waals surface area contributed by atoms with Crippen LogP contribution in [-0.4, -0.2) is 37.7 Å². The van der Waals surface area contributed by atoms with Gasteiger partial charge in [-0.25, -0.2) is 4.21 Å². The molecule has 1 rings (SSSR count). The van der Waals surface area contributed by atoms with Gasteiger partial charge in [-0.1, -0.05) is 6.07 Å². The number of amides is 1. The van der Waals surface area contributed by atoms with Gasteiger partial charge in [0.15, 0.2) is 11.1 Å². The molecule has 0 aliphatic carbocycles. The second kappa shape index (κ2) is 7.97. The zero-order chi connectivity index (χ0) is 18.5. The molecule has 0 aliphatic heterocycles. The van der Waals surface area contributed by atoms with Crippen LogP contribution in [0.25, 0.3) is 0 Å². The third-order valence-electron chi connectivity index (χ3n) is 2.61. The van der Waals surface area contributed by atoms with Gasteiger partial charge in [-0.15, -0.1) is 0 Å². The fourth-order valence-corrected chi connectivity index (χ4v) is 2.24. The van der Waals surface area contributed by atoms with E-state index in [4.69, 9.17) is 9.29 Å². The molecule has 9 nitrogen and oxygen atoms in total. The number of nitrogens with zero attached hydrogens (tertiary/aromatic N) is 1. The third kappa shape index (κ3) is 6.42. The largest absolute Gasteiger partial charge is 0.459 e. The lowest BCUT2D eigenvalue weighted by Gasteiger charge is -2.19. The van der Waals surface area contributed by atoms with E-state index < -0.39 is 45.7 Å². The van der Waals surface area contributed by atoms with E-state index >= 15 is 0 Å². The van der Waals surface area contributed by atoms with Crippen molar-refractivity contribution in [2.24, 2.45) is 0 Å². The molecule has 1 atom stereocenters. The molecule has 0 spiro atoms. The first-order valence-electron chi connectivity index (χ1n) is 6.84. The first-order chi connectivity index (χ1) is 11.0. The Morgan fingerprint density at radius 2 is 2.00 bits per heavy atom. The van der Waals surface area contributed by atoms with Crippen LogP contribution in [0.5, 0.6) is 0 Å². The minimum Gasteiger partial charge on any atom is -0.459 e. The summed E-state index contributed by atoms with van der Waals surface area (Å²) in [7, 11) is 0. The molecule has 0 radical (unpaired) electrons. The lowest BCUT2D eigenvalue weighted by molar-refractivity contribution is -0.385. The van der Waals surface area contributed by atoms with Gasteiger partial charge >= 0.3 is 5.97 Å². The maximum atomic E-state index is 12.0. The van der Waals surface area contributed by atoms with Crippen molar-refractivity contribution >= 4 is 28.6 Å². The third-order valence-corrected chi connectivity index (χ3v) is 3.19. The van der Waals surface area contributed by atoms with E-state index in [-0.39, 0.29) is 16.9 Å². The number of nitrogens with one attached hydrogen (secondary N) is 1. The predicted octanol–water partition coefficient (Wildman–Crippen LogP) is 1.39. The molecule has 0 saturated heterocycles. The fraction of sp³-hybridized carbons (Fsp3) is 0.429. The average Bonchev–Trinajstić information content (AvgIpc) is 2.42. The zero-order valence-corrected chi connectivity index (χ0v) is 14.2. The molecule has 2 N–H and O–H groups in total. The molecule has 1 unspecified atom stereocenters. The van der Waals surface area contributed by atoms with Crippen molar-refractivity contribution in [2.75, 3.05) is 6.54 Å². The molecule has 0 fully saturated rings. The molecule has 24 heavy (non-hydrogen) atoms.